The van der Waals surface area contributed by atoms with E-state index in [4.69, 9.17) is 9.47 Å². The van der Waals surface area contributed by atoms with Crippen molar-refractivity contribution in [1.82, 2.24) is 4.90 Å². The third-order valence-electron chi connectivity index (χ3n) is 5.64. The predicted octanol–water partition coefficient (Wildman–Crippen LogP) is 2.62. The van der Waals surface area contributed by atoms with Crippen molar-refractivity contribution < 1.29 is 14.3 Å². The summed E-state index contributed by atoms with van der Waals surface area (Å²) in [7, 11) is 2.15. The van der Waals surface area contributed by atoms with Crippen molar-refractivity contribution in [3.05, 3.63) is 29.8 Å². The number of carbonyl (C=O) groups excluding carboxylic acids is 1. The Kier molecular flexibility index (Phi) is 5.64. The van der Waals surface area contributed by atoms with Gasteiger partial charge in [-0.3, -0.25) is 4.79 Å². The number of piperidine rings is 1. The number of ether oxygens (including phenoxy) is 2. The van der Waals surface area contributed by atoms with Crippen LogP contribution in [0.1, 0.15) is 31.7 Å². The number of hydrogen-bond donors (Lipinski definition) is 0. The van der Waals surface area contributed by atoms with Crippen LogP contribution < -0.4 is 4.90 Å². The molecule has 2 heterocycles. The Labute approximate surface area is 150 Å². The molecule has 25 heavy (non-hydrogen) atoms. The summed E-state index contributed by atoms with van der Waals surface area (Å²) in [5, 5.41) is 0. The number of likely N-dealkylation sites (tertiary alicyclic amines) is 1. The number of likely N-dealkylation sites (N-methyl/N-ethyl adjacent to an activating group) is 1. The van der Waals surface area contributed by atoms with Gasteiger partial charge in [0.25, 0.3) is 0 Å². The summed E-state index contributed by atoms with van der Waals surface area (Å²) in [5.74, 6) is 0.100. The molecule has 1 amide bonds. The van der Waals surface area contributed by atoms with E-state index in [-0.39, 0.29) is 18.1 Å². The molecule has 0 unspecified atom stereocenters. The van der Waals surface area contributed by atoms with Crippen LogP contribution in [0.4, 0.5) is 5.69 Å². The quantitative estimate of drug-likeness (QED) is 0.822. The minimum atomic E-state index is -0.0635. The highest BCUT2D eigenvalue weighted by atomic mass is 16.5. The molecular formula is C20H30N2O3. The van der Waals surface area contributed by atoms with Gasteiger partial charge in [0.15, 0.2) is 0 Å². The Hall–Kier alpha value is -1.59. The zero-order valence-electron chi connectivity index (χ0n) is 15.7. The first kappa shape index (κ1) is 18.2. The molecule has 0 N–H and O–H groups in total. The molecule has 2 aliphatic heterocycles. The molecule has 138 valence electrons. The van der Waals surface area contributed by atoms with Crippen LogP contribution in [0.15, 0.2) is 24.3 Å². The van der Waals surface area contributed by atoms with Gasteiger partial charge < -0.3 is 19.3 Å². The monoisotopic (exact) mass is 346 g/mol. The standard InChI is InChI=1S/C20H30N2O3/c1-4-24-15-19(23)22-11-9-20(10-12-22)13-18(14-25-20)21(3)17-7-5-16(2)6-8-17/h5-8,18H,4,9-15H2,1-3H3/t18-/m1/s1. The smallest absolute Gasteiger partial charge is 0.248 e. The maximum absolute atomic E-state index is 12.1. The Bertz CT molecular complexity index is 579. The van der Waals surface area contributed by atoms with Gasteiger partial charge in [-0.1, -0.05) is 17.7 Å². The molecule has 1 spiro atoms. The minimum Gasteiger partial charge on any atom is -0.373 e. The number of amides is 1. The van der Waals surface area contributed by atoms with Gasteiger partial charge in [-0.15, -0.1) is 0 Å². The van der Waals surface area contributed by atoms with Crippen LogP contribution in [-0.4, -0.2) is 62.4 Å². The van der Waals surface area contributed by atoms with E-state index in [1.807, 2.05) is 11.8 Å². The number of benzene rings is 1. The van der Waals surface area contributed by atoms with Crippen LogP contribution in [0, 0.1) is 6.92 Å². The summed E-state index contributed by atoms with van der Waals surface area (Å²) < 4.78 is 11.5. The molecule has 5 heteroatoms. The molecule has 0 saturated carbocycles. The van der Waals surface area contributed by atoms with Gasteiger partial charge in [-0.25, -0.2) is 0 Å². The van der Waals surface area contributed by atoms with E-state index in [1.54, 1.807) is 0 Å². The van der Waals surface area contributed by atoms with Crippen molar-refractivity contribution in [3.63, 3.8) is 0 Å². The highest BCUT2D eigenvalue weighted by Gasteiger charge is 2.44. The van der Waals surface area contributed by atoms with Crippen molar-refractivity contribution in [2.24, 2.45) is 0 Å². The fourth-order valence-electron chi connectivity index (χ4n) is 3.85. The topological polar surface area (TPSA) is 42.0 Å². The van der Waals surface area contributed by atoms with Crippen LogP contribution >= 0.6 is 0 Å². The molecule has 5 nitrogen and oxygen atoms in total. The van der Waals surface area contributed by atoms with Crippen LogP contribution in [0.2, 0.25) is 0 Å². The van der Waals surface area contributed by atoms with Crippen molar-refractivity contribution in [1.29, 1.82) is 0 Å². The van der Waals surface area contributed by atoms with E-state index in [9.17, 15) is 4.79 Å². The maximum Gasteiger partial charge on any atom is 0.248 e. The Balaban J connectivity index is 1.54. The van der Waals surface area contributed by atoms with Crippen molar-refractivity contribution in [2.45, 2.75) is 44.8 Å². The largest absolute Gasteiger partial charge is 0.373 e. The van der Waals surface area contributed by atoms with E-state index < -0.39 is 0 Å². The average Bonchev–Trinajstić information content (AvgIpc) is 3.04. The predicted molar refractivity (Wildman–Crippen MR) is 99.0 cm³/mol. The third-order valence-corrected chi connectivity index (χ3v) is 5.64. The lowest BCUT2D eigenvalue weighted by atomic mass is 9.87. The van der Waals surface area contributed by atoms with Crippen LogP contribution in [0.3, 0.4) is 0 Å². The van der Waals surface area contributed by atoms with Gasteiger partial charge in [0, 0.05) is 32.4 Å². The summed E-state index contributed by atoms with van der Waals surface area (Å²) in [6, 6.07) is 9.05. The van der Waals surface area contributed by atoms with Gasteiger partial charge in [0.2, 0.25) is 5.91 Å². The summed E-state index contributed by atoms with van der Waals surface area (Å²) in [4.78, 5) is 16.3. The lowest BCUT2D eigenvalue weighted by molar-refractivity contribution is -0.140. The number of hydrogen-bond acceptors (Lipinski definition) is 4. The highest BCUT2D eigenvalue weighted by Crippen LogP contribution is 2.38. The van der Waals surface area contributed by atoms with Crippen LogP contribution in [0.5, 0.6) is 0 Å². The van der Waals surface area contributed by atoms with E-state index >= 15 is 0 Å². The van der Waals surface area contributed by atoms with Crippen LogP contribution in [0.25, 0.3) is 0 Å². The Morgan fingerprint density at radius 2 is 2.00 bits per heavy atom. The minimum absolute atomic E-state index is 0.0635. The number of carbonyl (C=O) groups is 1. The summed E-state index contributed by atoms with van der Waals surface area (Å²) in [6.07, 6.45) is 2.87. The fourth-order valence-corrected chi connectivity index (χ4v) is 3.85. The number of anilines is 1. The molecule has 3 rings (SSSR count). The molecule has 1 aromatic rings. The second-order valence-electron chi connectivity index (χ2n) is 7.32. The molecular weight excluding hydrogens is 316 g/mol. The van der Waals surface area contributed by atoms with Gasteiger partial charge in [-0.05, 0) is 45.2 Å². The maximum atomic E-state index is 12.1. The summed E-state index contributed by atoms with van der Waals surface area (Å²) in [5.41, 5.74) is 2.45. The van der Waals surface area contributed by atoms with Gasteiger partial charge in [0.1, 0.15) is 6.61 Å². The average molecular weight is 346 g/mol. The van der Waals surface area contributed by atoms with Crippen LogP contribution in [-0.2, 0) is 14.3 Å². The highest BCUT2D eigenvalue weighted by molar-refractivity contribution is 5.77. The van der Waals surface area contributed by atoms with Gasteiger partial charge in [-0.2, -0.15) is 0 Å². The number of nitrogens with zero attached hydrogens (tertiary/aromatic N) is 2. The third kappa shape index (κ3) is 4.15. The van der Waals surface area contributed by atoms with Gasteiger partial charge >= 0.3 is 0 Å². The van der Waals surface area contributed by atoms with E-state index in [2.05, 4.69) is 43.1 Å². The van der Waals surface area contributed by atoms with Crippen molar-refractivity contribution >= 4 is 11.6 Å². The van der Waals surface area contributed by atoms with E-state index in [1.165, 1.54) is 11.3 Å². The summed E-state index contributed by atoms with van der Waals surface area (Å²) >= 11 is 0. The number of rotatable bonds is 5. The molecule has 0 aliphatic carbocycles. The zero-order valence-corrected chi connectivity index (χ0v) is 15.7. The lowest BCUT2D eigenvalue weighted by Crippen LogP contribution is -2.48. The molecule has 0 aromatic heterocycles. The first-order valence-corrected chi connectivity index (χ1v) is 9.32. The van der Waals surface area contributed by atoms with E-state index in [0.29, 0.717) is 12.6 Å². The molecule has 0 radical (unpaired) electrons. The molecule has 2 fully saturated rings. The number of aryl methyl sites for hydroxylation is 1. The lowest BCUT2D eigenvalue weighted by Gasteiger charge is -2.39. The first-order valence-electron chi connectivity index (χ1n) is 9.32. The molecule has 0 bridgehead atoms. The second kappa shape index (κ2) is 7.75. The van der Waals surface area contributed by atoms with Crippen molar-refractivity contribution in [3.8, 4) is 0 Å². The normalized spacial score (nSPS) is 22.4. The Morgan fingerprint density at radius 1 is 1.32 bits per heavy atom. The zero-order chi connectivity index (χ0) is 17.9. The second-order valence-corrected chi connectivity index (χ2v) is 7.32. The van der Waals surface area contributed by atoms with Gasteiger partial charge in [0.05, 0.1) is 18.2 Å². The molecule has 2 aliphatic rings. The first-order chi connectivity index (χ1) is 12.0. The SMILES string of the molecule is CCOCC(=O)N1CCC2(CC1)C[C@@H](N(C)c1ccc(C)cc1)CO2. The Morgan fingerprint density at radius 3 is 2.64 bits per heavy atom. The molecule has 1 aromatic carbocycles. The summed E-state index contributed by atoms with van der Waals surface area (Å²) in [6.45, 7) is 7.10. The van der Waals surface area contributed by atoms with E-state index in [0.717, 1.165) is 39.0 Å². The van der Waals surface area contributed by atoms with Crippen molar-refractivity contribution in [2.75, 3.05) is 44.9 Å². The molecule has 2 saturated heterocycles. The molecule has 1 atom stereocenters. The fraction of sp³-hybridized carbons (Fsp3) is 0.650.